The third-order valence-electron chi connectivity index (χ3n) is 5.62. The first-order valence-corrected chi connectivity index (χ1v) is 10.9. The molecule has 1 aromatic heterocycles. The van der Waals surface area contributed by atoms with Gasteiger partial charge in [0.15, 0.2) is 5.96 Å². The second-order valence-electron chi connectivity index (χ2n) is 7.89. The third kappa shape index (κ3) is 6.49. The molecular weight excluding hydrogens is 378 g/mol. The quantitative estimate of drug-likeness (QED) is 0.511. The summed E-state index contributed by atoms with van der Waals surface area (Å²) in [4.78, 5) is 11.7. The lowest BCUT2D eigenvalue weighted by molar-refractivity contribution is 0.164. The van der Waals surface area contributed by atoms with Crippen LogP contribution in [0.25, 0.3) is 0 Å². The van der Waals surface area contributed by atoms with Gasteiger partial charge in [-0.3, -0.25) is 4.90 Å². The van der Waals surface area contributed by atoms with E-state index >= 15 is 0 Å². The Labute approximate surface area is 179 Å². The van der Waals surface area contributed by atoms with E-state index in [1.54, 1.807) is 7.11 Å². The molecule has 1 aliphatic heterocycles. The number of oxazole rings is 1. The summed E-state index contributed by atoms with van der Waals surface area (Å²) >= 11 is 0. The van der Waals surface area contributed by atoms with Crippen molar-refractivity contribution in [3.63, 3.8) is 0 Å². The lowest BCUT2D eigenvalue weighted by atomic mass is 9.97. The molecule has 7 heteroatoms. The number of guanidine groups is 1. The second kappa shape index (κ2) is 11.0. The Kier molecular flexibility index (Phi) is 8.13. The number of aliphatic imine (C=N–C) groups is 1. The van der Waals surface area contributed by atoms with Gasteiger partial charge >= 0.3 is 0 Å². The summed E-state index contributed by atoms with van der Waals surface area (Å²) in [6, 6.07) is 8.05. The summed E-state index contributed by atoms with van der Waals surface area (Å²) in [5.74, 6) is 4.16. The van der Waals surface area contributed by atoms with Gasteiger partial charge in [-0.2, -0.15) is 0 Å². The van der Waals surface area contributed by atoms with Gasteiger partial charge in [0.05, 0.1) is 25.9 Å². The molecule has 0 aliphatic carbocycles. The van der Waals surface area contributed by atoms with Crippen molar-refractivity contribution in [2.24, 2.45) is 10.9 Å². The number of benzene rings is 1. The number of piperidine rings is 1. The summed E-state index contributed by atoms with van der Waals surface area (Å²) in [5, 5.41) is 6.87. The summed E-state index contributed by atoms with van der Waals surface area (Å²) < 4.78 is 10.9. The molecule has 1 saturated heterocycles. The monoisotopic (exact) mass is 413 g/mol. The van der Waals surface area contributed by atoms with Gasteiger partial charge in [0, 0.05) is 13.1 Å². The predicted octanol–water partition coefficient (Wildman–Crippen LogP) is 3.27. The largest absolute Gasteiger partial charge is 0.497 e. The number of ether oxygens (including phenoxy) is 1. The van der Waals surface area contributed by atoms with Crippen LogP contribution in [0.15, 0.2) is 33.7 Å². The zero-order chi connectivity index (χ0) is 21.3. The zero-order valence-electron chi connectivity index (χ0n) is 18.7. The van der Waals surface area contributed by atoms with E-state index in [-0.39, 0.29) is 0 Å². The highest BCUT2D eigenvalue weighted by molar-refractivity contribution is 5.79. The summed E-state index contributed by atoms with van der Waals surface area (Å²) in [6.07, 6.45) is 2.34. The van der Waals surface area contributed by atoms with Crippen LogP contribution in [0.2, 0.25) is 0 Å². The fraction of sp³-hybridized carbons (Fsp3) is 0.565. The molecule has 1 fully saturated rings. The molecule has 0 spiro atoms. The maximum atomic E-state index is 5.73. The maximum absolute atomic E-state index is 5.73. The molecule has 1 aromatic carbocycles. The Morgan fingerprint density at radius 1 is 1.20 bits per heavy atom. The summed E-state index contributed by atoms with van der Waals surface area (Å²) in [5.41, 5.74) is 2.16. The van der Waals surface area contributed by atoms with Gasteiger partial charge in [-0.05, 0) is 70.3 Å². The van der Waals surface area contributed by atoms with Crippen LogP contribution in [-0.2, 0) is 13.1 Å². The van der Waals surface area contributed by atoms with Gasteiger partial charge in [0.25, 0.3) is 0 Å². The maximum Gasteiger partial charge on any atom is 0.208 e. The average Bonchev–Trinajstić information content (AvgIpc) is 3.08. The van der Waals surface area contributed by atoms with E-state index in [0.717, 1.165) is 61.8 Å². The Balaban J connectivity index is 1.43. The molecule has 0 saturated carbocycles. The van der Waals surface area contributed by atoms with Crippen LogP contribution in [-0.4, -0.2) is 49.1 Å². The molecule has 2 aromatic rings. The van der Waals surface area contributed by atoms with Crippen molar-refractivity contribution in [1.29, 1.82) is 0 Å². The lowest BCUT2D eigenvalue weighted by Crippen LogP contribution is -2.42. The highest BCUT2D eigenvalue weighted by Gasteiger charge is 2.21. The number of aromatic nitrogens is 1. The smallest absolute Gasteiger partial charge is 0.208 e. The molecule has 2 N–H and O–H groups in total. The predicted molar refractivity (Wildman–Crippen MR) is 120 cm³/mol. The molecule has 1 aliphatic rings. The first-order valence-electron chi connectivity index (χ1n) is 10.9. The second-order valence-corrected chi connectivity index (χ2v) is 7.89. The molecule has 0 atom stereocenters. The van der Waals surface area contributed by atoms with Crippen LogP contribution in [0.5, 0.6) is 5.75 Å². The van der Waals surface area contributed by atoms with Crippen molar-refractivity contribution in [2.75, 3.05) is 33.3 Å². The summed E-state index contributed by atoms with van der Waals surface area (Å²) in [7, 11) is 1.68. The number of hydrogen-bond donors (Lipinski definition) is 2. The van der Waals surface area contributed by atoms with Gasteiger partial charge in [-0.15, -0.1) is 0 Å². The van der Waals surface area contributed by atoms with E-state index in [1.807, 2.05) is 26.0 Å². The number of nitrogens with one attached hydrogen (secondary N) is 2. The van der Waals surface area contributed by atoms with Crippen molar-refractivity contribution >= 4 is 5.96 Å². The van der Waals surface area contributed by atoms with Crippen LogP contribution in [0, 0.1) is 19.8 Å². The summed E-state index contributed by atoms with van der Waals surface area (Å²) in [6.45, 7) is 11.5. The molecular formula is C23H35N5O2. The number of nitrogens with zero attached hydrogens (tertiary/aromatic N) is 3. The number of rotatable bonds is 8. The molecule has 30 heavy (non-hydrogen) atoms. The first kappa shape index (κ1) is 22.2. The van der Waals surface area contributed by atoms with Crippen LogP contribution < -0.4 is 15.4 Å². The zero-order valence-corrected chi connectivity index (χ0v) is 18.7. The molecule has 0 unspecified atom stereocenters. The highest BCUT2D eigenvalue weighted by Crippen LogP contribution is 2.19. The number of methoxy groups -OCH3 is 1. The van der Waals surface area contributed by atoms with Crippen molar-refractivity contribution < 1.29 is 9.15 Å². The molecule has 164 valence electrons. The van der Waals surface area contributed by atoms with Crippen molar-refractivity contribution in [3.05, 3.63) is 47.2 Å². The van der Waals surface area contributed by atoms with Gasteiger partial charge in [0.1, 0.15) is 11.5 Å². The lowest BCUT2D eigenvalue weighted by Gasteiger charge is -2.31. The minimum Gasteiger partial charge on any atom is -0.497 e. The van der Waals surface area contributed by atoms with Crippen LogP contribution in [0.3, 0.4) is 0 Å². The van der Waals surface area contributed by atoms with E-state index < -0.39 is 0 Å². The number of hydrogen-bond acceptors (Lipinski definition) is 5. The van der Waals surface area contributed by atoms with Gasteiger partial charge < -0.3 is 19.8 Å². The Bertz CT molecular complexity index is 788. The SMILES string of the molecule is CCNC(=NCc1ccc(OC)cc1)NCC1CCN(Cc2nc(C)c(C)o2)CC1. The minimum absolute atomic E-state index is 0.646. The normalized spacial score (nSPS) is 15.9. The van der Waals surface area contributed by atoms with E-state index in [4.69, 9.17) is 14.1 Å². The van der Waals surface area contributed by atoms with E-state index in [9.17, 15) is 0 Å². The fourth-order valence-corrected chi connectivity index (χ4v) is 3.63. The Morgan fingerprint density at radius 3 is 2.53 bits per heavy atom. The first-order chi connectivity index (χ1) is 14.6. The van der Waals surface area contributed by atoms with Crippen LogP contribution >= 0.6 is 0 Å². The van der Waals surface area contributed by atoms with Gasteiger partial charge in [0.2, 0.25) is 5.89 Å². The van der Waals surface area contributed by atoms with Crippen molar-refractivity contribution in [2.45, 2.75) is 46.7 Å². The minimum atomic E-state index is 0.646. The fourth-order valence-electron chi connectivity index (χ4n) is 3.63. The topological polar surface area (TPSA) is 74.9 Å². The molecule has 0 bridgehead atoms. The van der Waals surface area contributed by atoms with Crippen LogP contribution in [0.1, 0.15) is 42.7 Å². The standard InChI is InChI=1S/C23H35N5O2/c1-5-24-23(25-14-19-6-8-21(29-4)9-7-19)26-15-20-10-12-28(13-11-20)16-22-27-17(2)18(3)30-22/h6-9,20H,5,10-16H2,1-4H3,(H2,24,25,26). The van der Waals surface area contributed by atoms with Crippen LogP contribution in [0.4, 0.5) is 0 Å². The van der Waals surface area contributed by atoms with E-state index in [2.05, 4.69) is 39.6 Å². The Hall–Kier alpha value is -2.54. The molecule has 2 heterocycles. The van der Waals surface area contributed by atoms with Crippen molar-refractivity contribution in [3.8, 4) is 5.75 Å². The molecule has 3 rings (SSSR count). The molecule has 0 amide bonds. The van der Waals surface area contributed by atoms with E-state index in [1.165, 1.54) is 18.4 Å². The highest BCUT2D eigenvalue weighted by atomic mass is 16.5. The van der Waals surface area contributed by atoms with Gasteiger partial charge in [-0.1, -0.05) is 12.1 Å². The van der Waals surface area contributed by atoms with E-state index in [0.29, 0.717) is 12.5 Å². The average molecular weight is 414 g/mol. The molecule has 7 nitrogen and oxygen atoms in total. The number of likely N-dealkylation sites (tertiary alicyclic amines) is 1. The van der Waals surface area contributed by atoms with Gasteiger partial charge in [-0.25, -0.2) is 9.98 Å². The van der Waals surface area contributed by atoms with Crippen molar-refractivity contribution in [1.82, 2.24) is 20.5 Å². The molecule has 0 radical (unpaired) electrons. The number of aryl methyl sites for hydroxylation is 2. The third-order valence-corrected chi connectivity index (χ3v) is 5.62. The Morgan fingerprint density at radius 2 is 1.93 bits per heavy atom.